The quantitative estimate of drug-likeness (QED) is 0.195. The molecule has 3 aromatic heterocycles. The maximum absolute atomic E-state index is 5.09. The number of benzene rings is 6. The average molecular weight is 606 g/mol. The van der Waals surface area contributed by atoms with Crippen molar-refractivity contribution in [2.24, 2.45) is 0 Å². The van der Waals surface area contributed by atoms with Gasteiger partial charge in [-0.1, -0.05) is 133 Å². The summed E-state index contributed by atoms with van der Waals surface area (Å²) in [6, 6.07) is 57.7. The summed E-state index contributed by atoms with van der Waals surface area (Å²) < 4.78 is 3.70. The normalized spacial score (nSPS) is 11.5. The number of hydrogen-bond acceptors (Lipinski definition) is 3. The summed E-state index contributed by atoms with van der Waals surface area (Å²) in [5.74, 6) is 0.715. The van der Waals surface area contributed by atoms with Crippen molar-refractivity contribution in [1.29, 1.82) is 0 Å². The Morgan fingerprint density at radius 3 is 1.78 bits per heavy atom. The molecule has 0 radical (unpaired) electrons. The van der Waals surface area contributed by atoms with Crippen LogP contribution in [0.4, 0.5) is 0 Å². The lowest BCUT2D eigenvalue weighted by atomic mass is 9.99. The van der Waals surface area contributed by atoms with Crippen LogP contribution in [0.1, 0.15) is 0 Å². The molecular weight excluding hydrogens is 579 g/mol. The Morgan fingerprint density at radius 1 is 0.413 bits per heavy atom. The molecule has 0 unspecified atom stereocenters. The van der Waals surface area contributed by atoms with Crippen LogP contribution < -0.4 is 0 Å². The minimum absolute atomic E-state index is 0.715. The summed E-state index contributed by atoms with van der Waals surface area (Å²) >= 11 is 1.85. The molecule has 9 rings (SSSR count). The van der Waals surface area contributed by atoms with Crippen molar-refractivity contribution in [2.75, 3.05) is 0 Å². The first kappa shape index (κ1) is 26.6. The number of fused-ring (bicyclic) bond motifs is 5. The molecule has 9 aromatic rings. The highest BCUT2D eigenvalue weighted by atomic mass is 32.1. The van der Waals surface area contributed by atoms with E-state index in [9.17, 15) is 0 Å². The van der Waals surface area contributed by atoms with Gasteiger partial charge in [0.25, 0.3) is 0 Å². The van der Waals surface area contributed by atoms with Crippen LogP contribution in [-0.2, 0) is 0 Å². The second kappa shape index (κ2) is 11.0. The molecule has 4 heteroatoms. The zero-order chi connectivity index (χ0) is 30.5. The van der Waals surface area contributed by atoms with Crippen LogP contribution in [-0.4, -0.2) is 14.4 Å². The smallest absolute Gasteiger partial charge is 0.160 e. The van der Waals surface area contributed by atoms with E-state index in [1.54, 1.807) is 0 Å². The first-order valence-electron chi connectivity index (χ1n) is 15.4. The van der Waals surface area contributed by atoms with Gasteiger partial charge in [0, 0.05) is 27.6 Å². The largest absolute Gasteiger partial charge is 0.299 e. The molecule has 0 saturated heterocycles. The molecule has 3 heterocycles. The van der Waals surface area contributed by atoms with Crippen LogP contribution in [0.25, 0.3) is 82.1 Å². The Kier molecular flexibility index (Phi) is 6.32. The molecule has 216 valence electrons. The summed E-state index contributed by atoms with van der Waals surface area (Å²) in [6.07, 6.45) is 0. The summed E-state index contributed by atoms with van der Waals surface area (Å²) in [6.45, 7) is 0. The van der Waals surface area contributed by atoms with Crippen molar-refractivity contribution in [2.45, 2.75) is 0 Å². The molecule has 0 aliphatic rings. The Bertz CT molecular complexity index is 2510. The highest BCUT2D eigenvalue weighted by Crippen LogP contribution is 2.42. The van der Waals surface area contributed by atoms with Crippen molar-refractivity contribution in [1.82, 2.24) is 14.4 Å². The topological polar surface area (TPSA) is 30.2 Å². The molecular formula is C42H27N3S. The van der Waals surface area contributed by atoms with Crippen LogP contribution in [0.3, 0.4) is 0 Å². The number of rotatable bonds is 5. The van der Waals surface area contributed by atoms with E-state index in [4.69, 9.17) is 9.97 Å². The molecule has 0 aliphatic carbocycles. The molecule has 0 N–H and O–H groups in total. The molecule has 0 saturated carbocycles. The maximum Gasteiger partial charge on any atom is 0.160 e. The van der Waals surface area contributed by atoms with Gasteiger partial charge in [0.05, 0.1) is 27.1 Å². The van der Waals surface area contributed by atoms with Crippen LogP contribution in [0.5, 0.6) is 0 Å². The Balaban J connectivity index is 1.18. The monoisotopic (exact) mass is 605 g/mol. The molecule has 0 fully saturated rings. The van der Waals surface area contributed by atoms with Crippen molar-refractivity contribution >= 4 is 37.3 Å². The van der Waals surface area contributed by atoms with Gasteiger partial charge in [-0.25, -0.2) is 9.97 Å². The second-order valence-corrected chi connectivity index (χ2v) is 12.5. The van der Waals surface area contributed by atoms with Gasteiger partial charge in [-0.05, 0) is 47.0 Å². The first-order chi connectivity index (χ1) is 22.8. The standard InChI is InChI=1S/C42H27N3S/c1-3-12-28(13-4-1)32-16-11-17-33(26-32)36-27-35(43-41(44-36)31-14-5-2-6-15-31)29-22-24-30(25-23-29)40-34-18-7-8-19-37(34)45-38-20-9-10-21-39(38)46-42(40)45/h1-27H. The van der Waals surface area contributed by atoms with E-state index in [1.165, 1.54) is 42.6 Å². The fourth-order valence-corrected chi connectivity index (χ4v) is 7.66. The molecule has 0 aliphatic heterocycles. The molecule has 0 amide bonds. The molecule has 0 atom stereocenters. The fraction of sp³-hybridized carbons (Fsp3) is 0. The van der Waals surface area contributed by atoms with E-state index < -0.39 is 0 Å². The van der Waals surface area contributed by atoms with E-state index in [0.717, 1.165) is 33.6 Å². The van der Waals surface area contributed by atoms with Gasteiger partial charge in [0.15, 0.2) is 5.82 Å². The van der Waals surface area contributed by atoms with Gasteiger partial charge >= 0.3 is 0 Å². The Morgan fingerprint density at radius 2 is 1.00 bits per heavy atom. The van der Waals surface area contributed by atoms with Crippen molar-refractivity contribution < 1.29 is 0 Å². The number of thiazole rings is 1. The summed E-state index contributed by atoms with van der Waals surface area (Å²) in [5, 5.41) is 1.27. The van der Waals surface area contributed by atoms with Crippen LogP contribution in [0.2, 0.25) is 0 Å². The fourth-order valence-electron chi connectivity index (χ4n) is 6.42. The minimum Gasteiger partial charge on any atom is -0.299 e. The van der Waals surface area contributed by atoms with Crippen LogP contribution in [0, 0.1) is 0 Å². The summed E-state index contributed by atoms with van der Waals surface area (Å²) in [4.78, 5) is 11.4. The molecule has 0 spiro atoms. The lowest BCUT2D eigenvalue weighted by molar-refractivity contribution is 1.18. The highest BCUT2D eigenvalue weighted by Gasteiger charge is 2.18. The van der Waals surface area contributed by atoms with Gasteiger partial charge in [-0.2, -0.15) is 0 Å². The predicted molar refractivity (Wildman–Crippen MR) is 193 cm³/mol. The number of aromatic nitrogens is 3. The summed E-state index contributed by atoms with van der Waals surface area (Å²) in [7, 11) is 0. The average Bonchev–Trinajstić information content (AvgIpc) is 3.67. The van der Waals surface area contributed by atoms with Gasteiger partial charge in [0.1, 0.15) is 4.83 Å². The molecule has 3 nitrogen and oxygen atoms in total. The third kappa shape index (κ3) is 4.50. The van der Waals surface area contributed by atoms with Crippen molar-refractivity contribution in [3.8, 4) is 56.2 Å². The Labute approximate surface area is 270 Å². The van der Waals surface area contributed by atoms with Crippen LogP contribution in [0.15, 0.2) is 164 Å². The van der Waals surface area contributed by atoms with E-state index in [0.29, 0.717) is 5.82 Å². The molecule has 6 aromatic carbocycles. The molecule has 46 heavy (non-hydrogen) atoms. The second-order valence-electron chi connectivity index (χ2n) is 11.5. The lowest BCUT2D eigenvalue weighted by Gasteiger charge is -2.11. The zero-order valence-corrected chi connectivity index (χ0v) is 25.7. The number of para-hydroxylation sites is 2. The SMILES string of the molecule is c1ccc(-c2cccc(-c3cc(-c4ccc(-c5c6ccccc6n6c5sc5ccccc56)cc4)nc(-c4ccccc4)n3)c2)cc1. The summed E-state index contributed by atoms with van der Waals surface area (Å²) in [5.41, 5.74) is 12.2. The number of hydrogen-bond donors (Lipinski definition) is 0. The lowest BCUT2D eigenvalue weighted by Crippen LogP contribution is -1.96. The first-order valence-corrected chi connectivity index (χ1v) is 16.2. The Hall–Kier alpha value is -5.84. The maximum atomic E-state index is 5.09. The van der Waals surface area contributed by atoms with Gasteiger partial charge in [-0.15, -0.1) is 11.3 Å². The molecule has 0 bridgehead atoms. The van der Waals surface area contributed by atoms with Gasteiger partial charge in [-0.3, -0.25) is 4.40 Å². The zero-order valence-electron chi connectivity index (χ0n) is 24.8. The van der Waals surface area contributed by atoms with Crippen molar-refractivity contribution in [3.63, 3.8) is 0 Å². The third-order valence-corrected chi connectivity index (χ3v) is 9.78. The van der Waals surface area contributed by atoms with E-state index in [1.807, 2.05) is 35.6 Å². The van der Waals surface area contributed by atoms with E-state index >= 15 is 0 Å². The van der Waals surface area contributed by atoms with E-state index in [2.05, 4.69) is 144 Å². The van der Waals surface area contributed by atoms with Crippen LogP contribution >= 0.6 is 11.3 Å². The van der Waals surface area contributed by atoms with Gasteiger partial charge < -0.3 is 0 Å². The van der Waals surface area contributed by atoms with Gasteiger partial charge in [0.2, 0.25) is 0 Å². The minimum atomic E-state index is 0.715. The predicted octanol–water partition coefficient (Wildman–Crippen LogP) is 11.4. The number of nitrogens with zero attached hydrogens (tertiary/aromatic N) is 3. The third-order valence-electron chi connectivity index (χ3n) is 8.64. The van der Waals surface area contributed by atoms with E-state index in [-0.39, 0.29) is 0 Å². The van der Waals surface area contributed by atoms with Crippen molar-refractivity contribution in [3.05, 3.63) is 164 Å². The highest BCUT2D eigenvalue weighted by molar-refractivity contribution is 7.24.